The van der Waals surface area contributed by atoms with Crippen LogP contribution in [0.4, 0.5) is 0 Å². The molecule has 100 valence electrons. The lowest BCUT2D eigenvalue weighted by Crippen LogP contribution is -1.80. The average Bonchev–Trinajstić information content (AvgIpc) is 2.23. The number of hydrogen-bond donors (Lipinski definition) is 1. The Morgan fingerprint density at radius 3 is 1.19 bits per heavy atom. The Balaban J connectivity index is -0.0000000621. The summed E-state index contributed by atoms with van der Waals surface area (Å²) in [6.07, 6.45) is 3.43. The highest BCUT2D eigenvalue weighted by atomic mass is 16.5. The molecule has 0 saturated heterocycles. The Kier molecular flexibility index (Phi) is 73.5. The number of hydrogen-bond acceptors (Lipinski definition) is 4. The lowest BCUT2D eigenvalue weighted by atomic mass is 10.6. The summed E-state index contributed by atoms with van der Waals surface area (Å²) < 4.78 is 8.53. The molecule has 0 aromatic heterocycles. The van der Waals surface area contributed by atoms with Gasteiger partial charge in [-0.25, -0.2) is 0 Å². The monoisotopic (exact) mass is 235 g/mol. The van der Waals surface area contributed by atoms with Gasteiger partial charge in [-0.2, -0.15) is 0 Å². The molecule has 0 radical (unpaired) electrons. The molecule has 0 aliphatic heterocycles. The van der Waals surface area contributed by atoms with Gasteiger partial charge >= 0.3 is 0 Å². The molecule has 1 N–H and O–H groups in total. The molecule has 0 unspecified atom stereocenters. The van der Waals surface area contributed by atoms with Crippen molar-refractivity contribution in [1.29, 1.82) is 5.41 Å². The smallest absolute Gasteiger partial charge is 0.293 e. The molecule has 0 amide bonds. The predicted octanol–water partition coefficient (Wildman–Crippen LogP) is 3.64. The van der Waals surface area contributed by atoms with Crippen molar-refractivity contribution in [1.82, 2.24) is 0 Å². The highest BCUT2D eigenvalue weighted by molar-refractivity contribution is 5.40. The Labute approximate surface area is 101 Å². The molecule has 0 spiro atoms. The van der Waals surface area contributed by atoms with Gasteiger partial charge in [-0.15, -0.1) is 0 Å². The summed E-state index contributed by atoms with van der Waals surface area (Å²) in [7, 11) is 0. The number of rotatable bonds is 4. The fourth-order valence-corrected chi connectivity index (χ4v) is 0.151. The molecule has 0 atom stereocenters. The van der Waals surface area contributed by atoms with Crippen LogP contribution < -0.4 is 0 Å². The third kappa shape index (κ3) is 213. The van der Waals surface area contributed by atoms with Crippen molar-refractivity contribution in [3.8, 4) is 0 Å². The van der Waals surface area contributed by atoms with Crippen LogP contribution in [0.15, 0.2) is 0 Å². The first-order valence-electron chi connectivity index (χ1n) is 5.82. The van der Waals surface area contributed by atoms with Crippen molar-refractivity contribution >= 4 is 12.9 Å². The molecule has 0 aliphatic carbocycles. The zero-order valence-electron chi connectivity index (χ0n) is 11.7. The number of ether oxygens (including phenoxy) is 2. The van der Waals surface area contributed by atoms with Crippen LogP contribution >= 0.6 is 0 Å². The van der Waals surface area contributed by atoms with Crippen LogP contribution in [0.2, 0.25) is 0 Å². The summed E-state index contributed by atoms with van der Waals surface area (Å²) in [5.41, 5.74) is 0. The SMILES string of the molecule is CCC.CCC.CCOC=N.CCOC=O. The predicted molar refractivity (Wildman–Crippen MR) is 70.0 cm³/mol. The Morgan fingerprint density at radius 1 is 0.875 bits per heavy atom. The van der Waals surface area contributed by atoms with Crippen LogP contribution in [0, 0.1) is 5.41 Å². The first-order chi connectivity index (χ1) is 7.66. The number of carbonyl (C=O) groups excluding carboxylic acids is 1. The minimum absolute atomic E-state index is 0.431. The maximum Gasteiger partial charge on any atom is 0.293 e. The summed E-state index contributed by atoms with van der Waals surface area (Å²) >= 11 is 0. The highest BCUT2D eigenvalue weighted by Crippen LogP contribution is 1.57. The van der Waals surface area contributed by atoms with Gasteiger partial charge in [0.25, 0.3) is 6.47 Å². The fourth-order valence-electron chi connectivity index (χ4n) is 0.151. The van der Waals surface area contributed by atoms with Crippen molar-refractivity contribution in [2.75, 3.05) is 13.2 Å². The van der Waals surface area contributed by atoms with Crippen molar-refractivity contribution in [2.24, 2.45) is 0 Å². The minimum atomic E-state index is 0.431. The van der Waals surface area contributed by atoms with E-state index in [1.165, 1.54) is 12.8 Å². The molecule has 0 aliphatic rings. The van der Waals surface area contributed by atoms with Gasteiger partial charge in [-0.05, 0) is 13.8 Å². The molecular formula is C12H29NO3. The van der Waals surface area contributed by atoms with Crippen molar-refractivity contribution < 1.29 is 14.3 Å². The Morgan fingerprint density at radius 2 is 1.19 bits per heavy atom. The van der Waals surface area contributed by atoms with E-state index in [1.54, 1.807) is 6.92 Å². The molecule has 0 heterocycles. The quantitative estimate of drug-likeness (QED) is 0.460. The maximum atomic E-state index is 9.18. The van der Waals surface area contributed by atoms with Gasteiger partial charge in [-0.3, -0.25) is 10.2 Å². The molecule has 16 heavy (non-hydrogen) atoms. The zero-order chi connectivity index (χ0) is 13.7. The van der Waals surface area contributed by atoms with Crippen LogP contribution in [0.25, 0.3) is 0 Å². The molecule has 0 aromatic carbocycles. The van der Waals surface area contributed by atoms with Crippen molar-refractivity contribution in [3.05, 3.63) is 0 Å². The second kappa shape index (κ2) is 48.5. The lowest BCUT2D eigenvalue weighted by molar-refractivity contribution is -0.128. The molecule has 0 aromatic rings. The van der Waals surface area contributed by atoms with E-state index < -0.39 is 0 Å². The Bertz CT molecular complexity index is 86.3. The van der Waals surface area contributed by atoms with Crippen LogP contribution in [0.5, 0.6) is 0 Å². The van der Waals surface area contributed by atoms with E-state index in [0.29, 0.717) is 19.7 Å². The second-order valence-corrected chi connectivity index (χ2v) is 2.54. The summed E-state index contributed by atoms with van der Waals surface area (Å²) in [4.78, 5) is 9.18. The third-order valence-corrected chi connectivity index (χ3v) is 0.485. The second-order valence-electron chi connectivity index (χ2n) is 2.54. The van der Waals surface area contributed by atoms with Crippen molar-refractivity contribution in [3.63, 3.8) is 0 Å². The first-order valence-corrected chi connectivity index (χ1v) is 5.82. The van der Waals surface area contributed by atoms with Crippen LogP contribution in [0.1, 0.15) is 54.4 Å². The summed E-state index contributed by atoms with van der Waals surface area (Å²) in [6.45, 7) is 13.6. The first kappa shape index (κ1) is 24.3. The molecule has 0 rings (SSSR count). The van der Waals surface area contributed by atoms with Gasteiger partial charge in [0.2, 0.25) is 0 Å². The Hall–Kier alpha value is -1.06. The van der Waals surface area contributed by atoms with Gasteiger partial charge in [0.05, 0.1) is 13.2 Å². The van der Waals surface area contributed by atoms with Crippen LogP contribution in [0.3, 0.4) is 0 Å². The van der Waals surface area contributed by atoms with Gasteiger partial charge in [-0.1, -0.05) is 40.5 Å². The van der Waals surface area contributed by atoms with E-state index in [9.17, 15) is 4.79 Å². The summed E-state index contributed by atoms with van der Waals surface area (Å²) in [6, 6.07) is 0. The van der Waals surface area contributed by atoms with Crippen LogP contribution in [-0.4, -0.2) is 26.1 Å². The lowest BCUT2D eigenvalue weighted by Gasteiger charge is -1.82. The van der Waals surface area contributed by atoms with E-state index in [4.69, 9.17) is 5.41 Å². The average molecular weight is 235 g/mol. The minimum Gasteiger partial charge on any atom is -0.484 e. The van der Waals surface area contributed by atoms with Gasteiger partial charge < -0.3 is 9.47 Å². The standard InChI is InChI=1S/C3H7NO.C3H6O2.2C3H8/c2*1-2-5-3-4;2*1-3-2/h3-4H,2H2,1H3;3H,2H2,1H3;2*3H2,1-2H3. The van der Waals surface area contributed by atoms with Crippen molar-refractivity contribution in [2.45, 2.75) is 54.4 Å². The maximum absolute atomic E-state index is 9.18. The number of carbonyl (C=O) groups is 1. The summed E-state index contributed by atoms with van der Waals surface area (Å²) in [5.74, 6) is 0. The van der Waals surface area contributed by atoms with E-state index in [-0.39, 0.29) is 0 Å². The van der Waals surface area contributed by atoms with Crippen LogP contribution in [-0.2, 0) is 14.3 Å². The summed E-state index contributed by atoms with van der Waals surface area (Å²) in [5, 5.41) is 6.26. The van der Waals surface area contributed by atoms with E-state index >= 15 is 0 Å². The molecule has 0 bridgehead atoms. The van der Waals surface area contributed by atoms with E-state index in [0.717, 1.165) is 6.40 Å². The topological polar surface area (TPSA) is 59.4 Å². The molecular weight excluding hydrogens is 206 g/mol. The zero-order valence-corrected chi connectivity index (χ0v) is 11.7. The van der Waals surface area contributed by atoms with Gasteiger partial charge in [0.1, 0.15) is 0 Å². The molecule has 0 saturated carbocycles. The van der Waals surface area contributed by atoms with E-state index in [1.807, 2.05) is 6.92 Å². The normalized spacial score (nSPS) is 6.38. The van der Waals surface area contributed by atoms with E-state index in [2.05, 4.69) is 37.2 Å². The molecule has 0 fully saturated rings. The molecule has 4 nitrogen and oxygen atoms in total. The van der Waals surface area contributed by atoms with Gasteiger partial charge in [0.15, 0.2) is 6.40 Å². The van der Waals surface area contributed by atoms with Gasteiger partial charge in [0, 0.05) is 0 Å². The number of nitrogens with one attached hydrogen (secondary N) is 1. The fraction of sp³-hybridized carbons (Fsp3) is 0.833. The largest absolute Gasteiger partial charge is 0.484 e. The highest BCUT2D eigenvalue weighted by Gasteiger charge is 1.60. The molecule has 4 heteroatoms. The third-order valence-electron chi connectivity index (χ3n) is 0.485.